The Bertz CT molecular complexity index is 581. The summed E-state index contributed by atoms with van der Waals surface area (Å²) in [7, 11) is 0. The van der Waals surface area contributed by atoms with Gasteiger partial charge in [0.2, 0.25) is 0 Å². The lowest BCUT2D eigenvalue weighted by Crippen LogP contribution is -2.56. The second-order valence-electron chi connectivity index (χ2n) is 9.87. The molecular formula is C23H40O10. The van der Waals surface area contributed by atoms with E-state index in [0.29, 0.717) is 26.4 Å². The molecule has 0 aromatic rings. The number of aliphatic hydroxyl groups is 2. The SMILES string of the molecule is C=C(C)C(=O)O.C=C(C)C(=O)O.CC(C)(CO)C1OCC2(CO1)COC(C(C)(C)CO)OC2. The minimum absolute atomic E-state index is 0.00440. The monoisotopic (exact) mass is 476 g/mol. The lowest BCUT2D eigenvalue weighted by Gasteiger charge is -2.48. The average molecular weight is 477 g/mol. The van der Waals surface area contributed by atoms with E-state index in [1.165, 1.54) is 13.8 Å². The molecule has 0 aromatic carbocycles. The summed E-state index contributed by atoms with van der Waals surface area (Å²) in [5.41, 5.74) is -0.812. The van der Waals surface area contributed by atoms with Crippen LogP contribution in [0, 0.1) is 16.2 Å². The molecule has 2 rings (SSSR count). The van der Waals surface area contributed by atoms with Gasteiger partial charge in [0, 0.05) is 22.0 Å². The molecule has 4 N–H and O–H groups in total. The van der Waals surface area contributed by atoms with Gasteiger partial charge in [-0.15, -0.1) is 0 Å². The molecule has 0 aromatic heterocycles. The molecule has 0 bridgehead atoms. The van der Waals surface area contributed by atoms with Crippen molar-refractivity contribution in [1.82, 2.24) is 0 Å². The van der Waals surface area contributed by atoms with Crippen molar-refractivity contribution in [3.8, 4) is 0 Å². The van der Waals surface area contributed by atoms with Crippen LogP contribution < -0.4 is 0 Å². The van der Waals surface area contributed by atoms with Gasteiger partial charge < -0.3 is 39.4 Å². The third-order valence-electron chi connectivity index (χ3n) is 4.98. The van der Waals surface area contributed by atoms with Crippen LogP contribution in [0.4, 0.5) is 0 Å². The van der Waals surface area contributed by atoms with Gasteiger partial charge >= 0.3 is 11.9 Å². The summed E-state index contributed by atoms with van der Waals surface area (Å²) >= 11 is 0. The summed E-state index contributed by atoms with van der Waals surface area (Å²) in [6.07, 6.45) is -0.834. The molecule has 0 aliphatic carbocycles. The quantitative estimate of drug-likeness (QED) is 0.419. The van der Waals surface area contributed by atoms with E-state index in [1.54, 1.807) is 0 Å². The summed E-state index contributed by atoms with van der Waals surface area (Å²) < 4.78 is 23.1. The van der Waals surface area contributed by atoms with Crippen LogP contribution in [0.1, 0.15) is 41.5 Å². The summed E-state index contributed by atoms with van der Waals surface area (Å²) in [5.74, 6) is -1.87. The lowest BCUT2D eigenvalue weighted by molar-refractivity contribution is -0.337. The van der Waals surface area contributed by atoms with Gasteiger partial charge in [-0.2, -0.15) is 0 Å². The Morgan fingerprint density at radius 3 is 1.12 bits per heavy atom. The standard InChI is InChI=1S/C15H28O6.2C4H6O2/c1-13(2,5-16)11-18-7-15(8-19-11)9-20-12(21-10-15)14(3,4)6-17;2*1-3(2)4(5)6/h11-12,16-17H,5-10H2,1-4H3;2*1H2,2H3,(H,5,6). The number of ether oxygens (including phenoxy) is 4. The van der Waals surface area contributed by atoms with E-state index in [4.69, 9.17) is 29.2 Å². The van der Waals surface area contributed by atoms with Gasteiger partial charge in [0.1, 0.15) is 0 Å². The molecule has 2 aliphatic heterocycles. The molecule has 10 heteroatoms. The highest BCUT2D eigenvalue weighted by Crippen LogP contribution is 2.37. The molecule has 2 aliphatic rings. The number of carboxylic acid groups (broad SMARTS) is 2. The largest absolute Gasteiger partial charge is 0.478 e. The fraction of sp³-hybridized carbons (Fsp3) is 0.739. The zero-order valence-electron chi connectivity index (χ0n) is 20.5. The molecule has 0 atom stereocenters. The second kappa shape index (κ2) is 13.2. The highest BCUT2D eigenvalue weighted by Gasteiger charge is 2.47. The van der Waals surface area contributed by atoms with E-state index in [1.807, 2.05) is 27.7 Å². The Hall–Kier alpha value is -1.82. The Kier molecular flexibility index (Phi) is 12.4. The highest BCUT2D eigenvalue weighted by atomic mass is 16.7. The van der Waals surface area contributed by atoms with Crippen molar-refractivity contribution in [3.63, 3.8) is 0 Å². The van der Waals surface area contributed by atoms with Crippen LogP contribution in [0.25, 0.3) is 0 Å². The molecule has 0 unspecified atom stereocenters. The molecule has 33 heavy (non-hydrogen) atoms. The Labute approximate surface area is 195 Å². The Balaban J connectivity index is 0.000000705. The van der Waals surface area contributed by atoms with Crippen LogP contribution in [0.3, 0.4) is 0 Å². The minimum atomic E-state index is -0.935. The predicted molar refractivity (Wildman–Crippen MR) is 120 cm³/mol. The topological polar surface area (TPSA) is 152 Å². The summed E-state index contributed by atoms with van der Waals surface area (Å²) in [6.45, 7) is 18.8. The molecular weight excluding hydrogens is 436 g/mol. The van der Waals surface area contributed by atoms with Gasteiger partial charge in [-0.3, -0.25) is 0 Å². The van der Waals surface area contributed by atoms with Crippen molar-refractivity contribution in [1.29, 1.82) is 0 Å². The molecule has 10 nitrogen and oxygen atoms in total. The summed E-state index contributed by atoms with van der Waals surface area (Å²) in [4.78, 5) is 19.2. The molecule has 2 heterocycles. The van der Waals surface area contributed by atoms with Crippen molar-refractivity contribution in [2.24, 2.45) is 16.2 Å². The molecule has 0 radical (unpaired) electrons. The van der Waals surface area contributed by atoms with Crippen molar-refractivity contribution < 1.29 is 49.0 Å². The maximum Gasteiger partial charge on any atom is 0.330 e. The highest BCUT2D eigenvalue weighted by molar-refractivity contribution is 5.85. The second-order valence-corrected chi connectivity index (χ2v) is 9.87. The van der Waals surface area contributed by atoms with Crippen LogP contribution in [0.15, 0.2) is 24.3 Å². The van der Waals surface area contributed by atoms with Crippen molar-refractivity contribution >= 4 is 11.9 Å². The third-order valence-corrected chi connectivity index (χ3v) is 4.98. The van der Waals surface area contributed by atoms with E-state index in [0.717, 1.165) is 0 Å². The van der Waals surface area contributed by atoms with E-state index < -0.39 is 35.3 Å². The van der Waals surface area contributed by atoms with Gasteiger partial charge in [0.15, 0.2) is 12.6 Å². The third kappa shape index (κ3) is 10.3. The molecule has 0 saturated carbocycles. The van der Waals surface area contributed by atoms with Gasteiger partial charge in [-0.1, -0.05) is 40.9 Å². The first kappa shape index (κ1) is 31.2. The van der Waals surface area contributed by atoms with Crippen molar-refractivity contribution in [2.45, 2.75) is 54.1 Å². The van der Waals surface area contributed by atoms with E-state index in [9.17, 15) is 19.8 Å². The maximum atomic E-state index is 9.60. The normalized spacial score (nSPS) is 25.1. The van der Waals surface area contributed by atoms with E-state index >= 15 is 0 Å². The van der Waals surface area contributed by atoms with Crippen LogP contribution in [0.2, 0.25) is 0 Å². The fourth-order valence-corrected chi connectivity index (χ4v) is 2.41. The van der Waals surface area contributed by atoms with Gasteiger partial charge in [0.05, 0.1) is 45.1 Å². The number of hydrogen-bond donors (Lipinski definition) is 4. The van der Waals surface area contributed by atoms with Crippen molar-refractivity contribution in [2.75, 3.05) is 39.6 Å². The van der Waals surface area contributed by atoms with Gasteiger partial charge in [-0.25, -0.2) is 9.59 Å². The number of hydrogen-bond acceptors (Lipinski definition) is 8. The first-order valence-electron chi connectivity index (χ1n) is 10.5. The summed E-state index contributed by atoms with van der Waals surface area (Å²) in [5, 5.41) is 34.5. The zero-order chi connectivity index (χ0) is 26.0. The first-order valence-corrected chi connectivity index (χ1v) is 10.5. The predicted octanol–water partition coefficient (Wildman–Crippen LogP) is 2.05. The lowest BCUT2D eigenvalue weighted by atomic mass is 9.86. The Morgan fingerprint density at radius 1 is 0.758 bits per heavy atom. The molecule has 192 valence electrons. The van der Waals surface area contributed by atoms with Gasteiger partial charge in [0.25, 0.3) is 0 Å². The number of carboxylic acids is 2. The van der Waals surface area contributed by atoms with Crippen molar-refractivity contribution in [3.05, 3.63) is 24.3 Å². The van der Waals surface area contributed by atoms with Crippen LogP contribution in [-0.2, 0) is 28.5 Å². The Morgan fingerprint density at radius 2 is 0.970 bits per heavy atom. The van der Waals surface area contributed by atoms with E-state index in [-0.39, 0.29) is 29.8 Å². The average Bonchev–Trinajstić information content (AvgIpc) is 2.75. The molecule has 2 fully saturated rings. The van der Waals surface area contributed by atoms with Crippen LogP contribution in [0.5, 0.6) is 0 Å². The number of rotatable bonds is 6. The number of aliphatic carboxylic acids is 2. The smallest absolute Gasteiger partial charge is 0.330 e. The molecule has 0 amide bonds. The summed E-state index contributed by atoms with van der Waals surface area (Å²) in [6, 6.07) is 0. The number of aliphatic hydroxyl groups excluding tert-OH is 2. The molecule has 1 spiro atoms. The number of carbonyl (C=O) groups is 2. The minimum Gasteiger partial charge on any atom is -0.478 e. The van der Waals surface area contributed by atoms with Crippen LogP contribution >= 0.6 is 0 Å². The molecule has 2 saturated heterocycles. The van der Waals surface area contributed by atoms with E-state index in [2.05, 4.69) is 13.2 Å². The maximum absolute atomic E-state index is 9.60. The fourth-order valence-electron chi connectivity index (χ4n) is 2.41. The zero-order valence-corrected chi connectivity index (χ0v) is 20.5. The van der Waals surface area contributed by atoms with Gasteiger partial charge in [-0.05, 0) is 13.8 Å². The first-order chi connectivity index (χ1) is 15.0. The van der Waals surface area contributed by atoms with Crippen LogP contribution in [-0.4, -0.2) is 84.6 Å².